The summed E-state index contributed by atoms with van der Waals surface area (Å²) in [5, 5.41) is 7.85. The second kappa shape index (κ2) is 6.52. The number of carbonyl (C=O) groups excluding carboxylic acids is 2. The van der Waals surface area contributed by atoms with Gasteiger partial charge in [0, 0.05) is 24.8 Å². The molecule has 1 aromatic carbocycles. The SMILES string of the molecule is CCCNC(=O)c1ccc(NC(=O)NC)cc1. The van der Waals surface area contributed by atoms with Gasteiger partial charge in [0.2, 0.25) is 0 Å². The lowest BCUT2D eigenvalue weighted by molar-refractivity contribution is 0.0953. The van der Waals surface area contributed by atoms with Gasteiger partial charge in [0.05, 0.1) is 0 Å². The maximum Gasteiger partial charge on any atom is 0.318 e. The minimum absolute atomic E-state index is 0.0988. The molecule has 3 amide bonds. The molecule has 0 heterocycles. The van der Waals surface area contributed by atoms with Gasteiger partial charge in [-0.2, -0.15) is 0 Å². The van der Waals surface area contributed by atoms with Crippen LogP contribution in [0.25, 0.3) is 0 Å². The second-order valence-electron chi connectivity index (χ2n) is 3.54. The lowest BCUT2D eigenvalue weighted by atomic mass is 10.2. The molecule has 5 heteroatoms. The van der Waals surface area contributed by atoms with E-state index in [1.165, 1.54) is 0 Å². The zero-order valence-corrected chi connectivity index (χ0v) is 10.0. The van der Waals surface area contributed by atoms with E-state index in [-0.39, 0.29) is 11.9 Å². The topological polar surface area (TPSA) is 70.2 Å². The van der Waals surface area contributed by atoms with Crippen LogP contribution >= 0.6 is 0 Å². The molecule has 17 heavy (non-hydrogen) atoms. The third-order valence-electron chi connectivity index (χ3n) is 2.17. The fourth-order valence-corrected chi connectivity index (χ4v) is 1.24. The largest absolute Gasteiger partial charge is 0.352 e. The van der Waals surface area contributed by atoms with E-state index in [4.69, 9.17) is 0 Å². The van der Waals surface area contributed by atoms with Gasteiger partial charge in [-0.3, -0.25) is 4.79 Å². The Bertz CT molecular complexity index is 387. The number of hydrogen-bond acceptors (Lipinski definition) is 2. The van der Waals surface area contributed by atoms with Crippen LogP contribution < -0.4 is 16.0 Å². The van der Waals surface area contributed by atoms with Crippen molar-refractivity contribution in [2.75, 3.05) is 18.9 Å². The van der Waals surface area contributed by atoms with Gasteiger partial charge < -0.3 is 16.0 Å². The molecule has 0 atom stereocenters. The first-order valence-corrected chi connectivity index (χ1v) is 5.54. The van der Waals surface area contributed by atoms with Crippen LogP contribution in [0.2, 0.25) is 0 Å². The summed E-state index contributed by atoms with van der Waals surface area (Å²) in [5.41, 5.74) is 1.23. The third kappa shape index (κ3) is 4.14. The molecule has 0 aliphatic carbocycles. The van der Waals surface area contributed by atoms with E-state index in [9.17, 15) is 9.59 Å². The van der Waals surface area contributed by atoms with Gasteiger partial charge in [-0.1, -0.05) is 6.92 Å². The summed E-state index contributed by atoms with van der Waals surface area (Å²) in [6, 6.07) is 6.45. The van der Waals surface area contributed by atoms with Gasteiger partial charge in [0.1, 0.15) is 0 Å². The summed E-state index contributed by atoms with van der Waals surface area (Å²) in [5.74, 6) is -0.0988. The van der Waals surface area contributed by atoms with Gasteiger partial charge in [-0.25, -0.2) is 4.79 Å². The highest BCUT2D eigenvalue weighted by atomic mass is 16.2. The number of nitrogens with one attached hydrogen (secondary N) is 3. The number of carbonyl (C=O) groups is 2. The van der Waals surface area contributed by atoms with E-state index in [0.29, 0.717) is 17.8 Å². The van der Waals surface area contributed by atoms with Crippen LogP contribution in [0.15, 0.2) is 24.3 Å². The molecular weight excluding hydrogens is 218 g/mol. The molecule has 0 aliphatic heterocycles. The van der Waals surface area contributed by atoms with Crippen LogP contribution in [0.5, 0.6) is 0 Å². The average Bonchev–Trinajstić information content (AvgIpc) is 2.36. The van der Waals surface area contributed by atoms with Gasteiger partial charge >= 0.3 is 6.03 Å². The summed E-state index contributed by atoms with van der Waals surface area (Å²) in [4.78, 5) is 22.6. The highest BCUT2D eigenvalue weighted by Gasteiger charge is 2.04. The molecule has 0 fully saturated rings. The lowest BCUT2D eigenvalue weighted by Gasteiger charge is -2.06. The van der Waals surface area contributed by atoms with Crippen LogP contribution in [0, 0.1) is 0 Å². The smallest absolute Gasteiger partial charge is 0.318 e. The van der Waals surface area contributed by atoms with E-state index in [2.05, 4.69) is 16.0 Å². The first kappa shape index (κ1) is 13.0. The number of urea groups is 1. The Kier molecular flexibility index (Phi) is 5.00. The first-order chi connectivity index (χ1) is 8.17. The Hall–Kier alpha value is -2.04. The zero-order chi connectivity index (χ0) is 12.7. The number of rotatable bonds is 4. The Morgan fingerprint density at radius 3 is 2.35 bits per heavy atom. The normalized spacial score (nSPS) is 9.53. The summed E-state index contributed by atoms with van der Waals surface area (Å²) >= 11 is 0. The molecule has 0 aliphatic rings. The van der Waals surface area contributed by atoms with Crippen LogP contribution in [0.1, 0.15) is 23.7 Å². The molecule has 0 spiro atoms. The number of amides is 3. The van der Waals surface area contributed by atoms with E-state index in [1.54, 1.807) is 31.3 Å². The molecule has 0 saturated carbocycles. The highest BCUT2D eigenvalue weighted by molar-refractivity contribution is 5.95. The molecule has 5 nitrogen and oxygen atoms in total. The second-order valence-corrected chi connectivity index (χ2v) is 3.54. The van der Waals surface area contributed by atoms with E-state index >= 15 is 0 Å². The lowest BCUT2D eigenvalue weighted by Crippen LogP contribution is -2.25. The standard InChI is InChI=1S/C12H17N3O2/c1-3-8-14-11(16)9-4-6-10(7-5-9)15-12(17)13-2/h4-7H,3,8H2,1-2H3,(H,14,16)(H2,13,15,17). The average molecular weight is 235 g/mol. The van der Waals surface area contributed by atoms with Crippen LogP contribution in [0.4, 0.5) is 10.5 Å². The van der Waals surface area contributed by atoms with Crippen molar-refractivity contribution in [1.82, 2.24) is 10.6 Å². The molecule has 1 rings (SSSR count). The fraction of sp³-hybridized carbons (Fsp3) is 0.333. The molecule has 1 aromatic rings. The summed E-state index contributed by atoms with van der Waals surface area (Å²) in [7, 11) is 1.54. The Labute approximate surface area is 101 Å². The molecule has 0 unspecified atom stereocenters. The predicted octanol–water partition coefficient (Wildman–Crippen LogP) is 1.58. The highest BCUT2D eigenvalue weighted by Crippen LogP contribution is 2.09. The molecule has 0 aromatic heterocycles. The van der Waals surface area contributed by atoms with Crippen molar-refractivity contribution in [3.05, 3.63) is 29.8 Å². The van der Waals surface area contributed by atoms with Gasteiger partial charge in [0.25, 0.3) is 5.91 Å². The van der Waals surface area contributed by atoms with Crippen LogP contribution in [0.3, 0.4) is 0 Å². The fourth-order valence-electron chi connectivity index (χ4n) is 1.24. The van der Waals surface area contributed by atoms with E-state index in [0.717, 1.165) is 6.42 Å². The number of anilines is 1. The summed E-state index contributed by atoms with van der Waals surface area (Å²) in [6.45, 7) is 2.66. The van der Waals surface area contributed by atoms with Crippen molar-refractivity contribution < 1.29 is 9.59 Å². The van der Waals surface area contributed by atoms with Crippen molar-refractivity contribution in [2.45, 2.75) is 13.3 Å². The van der Waals surface area contributed by atoms with Crippen molar-refractivity contribution in [3.63, 3.8) is 0 Å². The van der Waals surface area contributed by atoms with Crippen molar-refractivity contribution in [1.29, 1.82) is 0 Å². The van der Waals surface area contributed by atoms with Crippen LogP contribution in [-0.2, 0) is 0 Å². The zero-order valence-electron chi connectivity index (χ0n) is 10.0. The third-order valence-corrected chi connectivity index (χ3v) is 2.17. The molecule has 3 N–H and O–H groups in total. The van der Waals surface area contributed by atoms with Gasteiger partial charge in [-0.15, -0.1) is 0 Å². The monoisotopic (exact) mass is 235 g/mol. The Balaban J connectivity index is 2.61. The van der Waals surface area contributed by atoms with E-state index < -0.39 is 0 Å². The molecule has 0 saturated heterocycles. The van der Waals surface area contributed by atoms with Gasteiger partial charge in [-0.05, 0) is 30.7 Å². The Morgan fingerprint density at radius 2 is 1.82 bits per heavy atom. The number of benzene rings is 1. The first-order valence-electron chi connectivity index (χ1n) is 5.54. The minimum atomic E-state index is -0.284. The number of hydrogen-bond donors (Lipinski definition) is 3. The molecule has 0 radical (unpaired) electrons. The minimum Gasteiger partial charge on any atom is -0.352 e. The summed E-state index contributed by atoms with van der Waals surface area (Å²) < 4.78 is 0. The molecule has 92 valence electrons. The van der Waals surface area contributed by atoms with Crippen molar-refractivity contribution in [2.24, 2.45) is 0 Å². The van der Waals surface area contributed by atoms with Crippen molar-refractivity contribution in [3.8, 4) is 0 Å². The maximum atomic E-state index is 11.6. The summed E-state index contributed by atoms with van der Waals surface area (Å²) in [6.07, 6.45) is 0.905. The van der Waals surface area contributed by atoms with Crippen molar-refractivity contribution >= 4 is 17.6 Å². The molecular formula is C12H17N3O2. The molecule has 0 bridgehead atoms. The maximum absolute atomic E-state index is 11.6. The predicted molar refractivity (Wildman–Crippen MR) is 67.1 cm³/mol. The van der Waals surface area contributed by atoms with Gasteiger partial charge in [0.15, 0.2) is 0 Å². The quantitative estimate of drug-likeness (QED) is 0.741. The Morgan fingerprint density at radius 1 is 1.18 bits per heavy atom. The van der Waals surface area contributed by atoms with Crippen LogP contribution in [-0.4, -0.2) is 25.5 Å². The van der Waals surface area contributed by atoms with E-state index in [1.807, 2.05) is 6.92 Å².